The SMILES string of the molecule is CC(=O)Oc1ccc(N[C@@H](C)C(=O)c2ccccc2)cc1. The third kappa shape index (κ3) is 4.18. The summed E-state index contributed by atoms with van der Waals surface area (Å²) in [4.78, 5) is 23.1. The Morgan fingerprint density at radius 3 is 2.19 bits per heavy atom. The zero-order valence-electron chi connectivity index (χ0n) is 12.0. The Labute approximate surface area is 123 Å². The number of nitrogens with one attached hydrogen (secondary N) is 1. The maximum Gasteiger partial charge on any atom is 0.308 e. The molecule has 1 atom stereocenters. The van der Waals surface area contributed by atoms with E-state index in [1.807, 2.05) is 25.1 Å². The minimum absolute atomic E-state index is 0.0275. The van der Waals surface area contributed by atoms with E-state index in [1.165, 1.54) is 6.92 Å². The Hall–Kier alpha value is -2.62. The summed E-state index contributed by atoms with van der Waals surface area (Å²) >= 11 is 0. The summed E-state index contributed by atoms with van der Waals surface area (Å²) in [6, 6.07) is 15.7. The van der Waals surface area contributed by atoms with E-state index in [2.05, 4.69) is 5.32 Å². The highest BCUT2D eigenvalue weighted by atomic mass is 16.5. The van der Waals surface area contributed by atoms with Crippen molar-refractivity contribution in [3.05, 3.63) is 60.2 Å². The molecule has 108 valence electrons. The Kier molecular flexibility index (Phi) is 4.72. The molecule has 0 bridgehead atoms. The van der Waals surface area contributed by atoms with Gasteiger partial charge in [-0.3, -0.25) is 9.59 Å². The quantitative estimate of drug-likeness (QED) is 0.519. The monoisotopic (exact) mass is 283 g/mol. The lowest BCUT2D eigenvalue weighted by Crippen LogP contribution is -2.26. The van der Waals surface area contributed by atoms with Crippen molar-refractivity contribution in [2.24, 2.45) is 0 Å². The van der Waals surface area contributed by atoms with Crippen LogP contribution in [0, 0.1) is 0 Å². The predicted molar refractivity (Wildman–Crippen MR) is 81.6 cm³/mol. The number of rotatable bonds is 5. The topological polar surface area (TPSA) is 55.4 Å². The normalized spacial score (nSPS) is 11.5. The van der Waals surface area contributed by atoms with Crippen molar-refractivity contribution in [2.45, 2.75) is 19.9 Å². The Morgan fingerprint density at radius 1 is 1.00 bits per heavy atom. The summed E-state index contributed by atoms with van der Waals surface area (Å²) < 4.78 is 4.96. The molecule has 0 aliphatic heterocycles. The van der Waals surface area contributed by atoms with Gasteiger partial charge >= 0.3 is 5.97 Å². The average molecular weight is 283 g/mol. The van der Waals surface area contributed by atoms with Crippen LogP contribution in [-0.2, 0) is 4.79 Å². The highest BCUT2D eigenvalue weighted by Gasteiger charge is 2.14. The molecule has 0 amide bonds. The molecule has 4 heteroatoms. The third-order valence-corrected chi connectivity index (χ3v) is 2.95. The van der Waals surface area contributed by atoms with Gasteiger partial charge < -0.3 is 10.1 Å². The number of carbonyl (C=O) groups excluding carboxylic acids is 2. The van der Waals surface area contributed by atoms with Gasteiger partial charge in [0, 0.05) is 18.2 Å². The highest BCUT2D eigenvalue weighted by molar-refractivity contribution is 6.01. The molecule has 1 N–H and O–H groups in total. The molecule has 0 fully saturated rings. The molecule has 0 aliphatic carbocycles. The van der Waals surface area contributed by atoms with Crippen LogP contribution < -0.4 is 10.1 Å². The molecule has 0 heterocycles. The van der Waals surface area contributed by atoms with Gasteiger partial charge in [-0.1, -0.05) is 30.3 Å². The van der Waals surface area contributed by atoms with E-state index in [0.717, 1.165) is 5.69 Å². The van der Waals surface area contributed by atoms with Gasteiger partial charge in [0.15, 0.2) is 5.78 Å². The molecule has 0 saturated heterocycles. The number of hydrogen-bond acceptors (Lipinski definition) is 4. The lowest BCUT2D eigenvalue weighted by molar-refractivity contribution is -0.131. The molecule has 0 aliphatic rings. The van der Waals surface area contributed by atoms with Crippen molar-refractivity contribution in [1.82, 2.24) is 0 Å². The Bertz CT molecular complexity index is 620. The van der Waals surface area contributed by atoms with Gasteiger partial charge in [0.1, 0.15) is 5.75 Å². The van der Waals surface area contributed by atoms with E-state index in [0.29, 0.717) is 11.3 Å². The fourth-order valence-corrected chi connectivity index (χ4v) is 1.95. The molecule has 2 aromatic carbocycles. The van der Waals surface area contributed by atoms with Crippen LogP contribution in [0.3, 0.4) is 0 Å². The van der Waals surface area contributed by atoms with Crippen LogP contribution in [0.5, 0.6) is 5.75 Å². The van der Waals surface area contributed by atoms with Gasteiger partial charge in [0.25, 0.3) is 0 Å². The van der Waals surface area contributed by atoms with E-state index in [1.54, 1.807) is 36.4 Å². The van der Waals surface area contributed by atoms with Gasteiger partial charge in [-0.25, -0.2) is 0 Å². The van der Waals surface area contributed by atoms with Crippen molar-refractivity contribution in [3.8, 4) is 5.75 Å². The Balaban J connectivity index is 2.01. The number of ether oxygens (including phenoxy) is 1. The number of anilines is 1. The van der Waals surface area contributed by atoms with E-state index < -0.39 is 0 Å². The smallest absolute Gasteiger partial charge is 0.308 e. The molecule has 2 aromatic rings. The number of ketones is 1. The minimum Gasteiger partial charge on any atom is -0.427 e. The molecular formula is C17H17NO3. The summed E-state index contributed by atoms with van der Waals surface area (Å²) in [5.74, 6) is 0.151. The standard InChI is InChI=1S/C17H17NO3/c1-12(17(20)14-6-4-3-5-7-14)18-15-8-10-16(11-9-15)21-13(2)19/h3-12,18H,1-2H3/t12-/m0/s1. The molecular weight excluding hydrogens is 266 g/mol. The molecule has 21 heavy (non-hydrogen) atoms. The fraction of sp³-hybridized carbons (Fsp3) is 0.176. The van der Waals surface area contributed by atoms with E-state index in [4.69, 9.17) is 4.74 Å². The van der Waals surface area contributed by atoms with E-state index in [9.17, 15) is 9.59 Å². The first-order valence-corrected chi connectivity index (χ1v) is 6.70. The summed E-state index contributed by atoms with van der Waals surface area (Å²) in [6.07, 6.45) is 0. The predicted octanol–water partition coefficient (Wildman–Crippen LogP) is 3.30. The molecule has 4 nitrogen and oxygen atoms in total. The molecule has 0 spiro atoms. The van der Waals surface area contributed by atoms with E-state index >= 15 is 0 Å². The Morgan fingerprint density at radius 2 is 1.62 bits per heavy atom. The van der Waals surface area contributed by atoms with Crippen LogP contribution in [0.1, 0.15) is 24.2 Å². The van der Waals surface area contributed by atoms with Gasteiger partial charge in [-0.2, -0.15) is 0 Å². The molecule has 0 radical (unpaired) electrons. The van der Waals surface area contributed by atoms with Gasteiger partial charge in [-0.15, -0.1) is 0 Å². The first-order chi connectivity index (χ1) is 10.1. The van der Waals surface area contributed by atoms with Gasteiger partial charge in [-0.05, 0) is 31.2 Å². The van der Waals surface area contributed by atoms with Crippen LogP contribution in [0.4, 0.5) is 5.69 Å². The molecule has 0 saturated carbocycles. The summed E-state index contributed by atoms with van der Waals surface area (Å²) in [6.45, 7) is 3.17. The molecule has 0 unspecified atom stereocenters. The maximum absolute atomic E-state index is 12.2. The third-order valence-electron chi connectivity index (χ3n) is 2.95. The fourth-order valence-electron chi connectivity index (χ4n) is 1.95. The first-order valence-electron chi connectivity index (χ1n) is 6.70. The molecule has 0 aromatic heterocycles. The van der Waals surface area contributed by atoms with E-state index in [-0.39, 0.29) is 17.8 Å². The number of carbonyl (C=O) groups is 2. The highest BCUT2D eigenvalue weighted by Crippen LogP contribution is 2.17. The van der Waals surface area contributed by atoms with Crippen molar-refractivity contribution in [1.29, 1.82) is 0 Å². The lowest BCUT2D eigenvalue weighted by atomic mass is 10.1. The summed E-state index contributed by atoms with van der Waals surface area (Å²) in [7, 11) is 0. The summed E-state index contributed by atoms with van der Waals surface area (Å²) in [5, 5.41) is 3.13. The van der Waals surface area contributed by atoms with Crippen molar-refractivity contribution >= 4 is 17.4 Å². The minimum atomic E-state index is -0.358. The average Bonchev–Trinajstić information content (AvgIpc) is 2.49. The van der Waals surface area contributed by atoms with Gasteiger partial charge in [0.05, 0.1) is 6.04 Å². The first kappa shape index (κ1) is 14.8. The second kappa shape index (κ2) is 6.70. The zero-order valence-corrected chi connectivity index (χ0v) is 12.0. The number of hydrogen-bond donors (Lipinski definition) is 1. The van der Waals surface area contributed by atoms with Crippen molar-refractivity contribution in [2.75, 3.05) is 5.32 Å². The van der Waals surface area contributed by atoms with Crippen LogP contribution in [0.25, 0.3) is 0 Å². The maximum atomic E-state index is 12.2. The van der Waals surface area contributed by atoms with Crippen LogP contribution in [-0.4, -0.2) is 17.8 Å². The second-order valence-corrected chi connectivity index (χ2v) is 4.71. The number of Topliss-reactive ketones (excluding diaryl/α,β-unsaturated/α-hetero) is 1. The van der Waals surface area contributed by atoms with Crippen LogP contribution in [0.2, 0.25) is 0 Å². The summed E-state index contributed by atoms with van der Waals surface area (Å²) in [5.41, 5.74) is 1.47. The van der Waals surface area contributed by atoms with Crippen LogP contribution >= 0.6 is 0 Å². The number of benzene rings is 2. The van der Waals surface area contributed by atoms with Crippen molar-refractivity contribution in [3.63, 3.8) is 0 Å². The largest absolute Gasteiger partial charge is 0.427 e. The lowest BCUT2D eigenvalue weighted by Gasteiger charge is -2.14. The second-order valence-electron chi connectivity index (χ2n) is 4.71. The van der Waals surface area contributed by atoms with Crippen LogP contribution in [0.15, 0.2) is 54.6 Å². The van der Waals surface area contributed by atoms with Crippen molar-refractivity contribution < 1.29 is 14.3 Å². The zero-order chi connectivity index (χ0) is 15.2. The molecule has 2 rings (SSSR count). The number of esters is 1. The van der Waals surface area contributed by atoms with Gasteiger partial charge in [0.2, 0.25) is 0 Å².